The van der Waals surface area contributed by atoms with Crippen LogP contribution >= 0.6 is 11.3 Å². The molecule has 1 amide bonds. The Kier molecular flexibility index (Phi) is 6.12. The number of fused-ring (bicyclic) bond motifs is 1. The predicted octanol–water partition coefficient (Wildman–Crippen LogP) is 4.18. The zero-order chi connectivity index (χ0) is 23.7. The van der Waals surface area contributed by atoms with E-state index in [1.165, 1.54) is 16.9 Å². The van der Waals surface area contributed by atoms with Crippen LogP contribution in [-0.4, -0.2) is 64.4 Å². The summed E-state index contributed by atoms with van der Waals surface area (Å²) in [5.41, 5.74) is 4.27. The van der Waals surface area contributed by atoms with Gasteiger partial charge in [0.15, 0.2) is 5.13 Å². The minimum absolute atomic E-state index is 0.160. The number of anilines is 4. The minimum atomic E-state index is 0.160. The molecule has 0 bridgehead atoms. The summed E-state index contributed by atoms with van der Waals surface area (Å²) in [5.74, 6) is 1.76. The number of nitrogens with zero attached hydrogens (tertiary/aromatic N) is 6. The molecule has 4 aromatic rings. The van der Waals surface area contributed by atoms with Gasteiger partial charge in [-0.25, -0.2) is 15.0 Å². The molecule has 0 radical (unpaired) electrons. The Morgan fingerprint density at radius 2 is 1.91 bits per heavy atom. The zero-order valence-electron chi connectivity index (χ0n) is 19.5. The van der Waals surface area contributed by atoms with E-state index >= 15 is 0 Å². The van der Waals surface area contributed by atoms with E-state index in [0.29, 0.717) is 13.1 Å². The summed E-state index contributed by atoms with van der Waals surface area (Å²) in [6, 6.07) is 16.4. The number of aryl methyl sites for hydroxylation is 1. The average molecular weight is 474 g/mol. The lowest BCUT2D eigenvalue weighted by atomic mass is 10.2. The van der Waals surface area contributed by atoms with Crippen molar-refractivity contribution in [1.29, 1.82) is 0 Å². The van der Waals surface area contributed by atoms with Gasteiger partial charge in [0.2, 0.25) is 5.91 Å². The van der Waals surface area contributed by atoms with Gasteiger partial charge in [0, 0.05) is 45.6 Å². The van der Waals surface area contributed by atoms with Crippen molar-refractivity contribution < 1.29 is 4.79 Å². The van der Waals surface area contributed by atoms with Crippen molar-refractivity contribution >= 4 is 50.0 Å². The summed E-state index contributed by atoms with van der Waals surface area (Å²) < 4.78 is 0. The summed E-state index contributed by atoms with van der Waals surface area (Å²) in [7, 11) is 3.87. The third-order valence-corrected chi connectivity index (χ3v) is 6.89. The molecular formula is C25H27N7OS. The second kappa shape index (κ2) is 9.36. The first-order valence-electron chi connectivity index (χ1n) is 11.2. The van der Waals surface area contributed by atoms with Crippen molar-refractivity contribution in [3.8, 4) is 0 Å². The van der Waals surface area contributed by atoms with Crippen LogP contribution in [-0.2, 0) is 11.3 Å². The Labute approximate surface area is 202 Å². The SMILES string of the molecule is Cc1ccc(N(C)c2ccc3nc(Nc4cc(CN5CCN(C)C(=O)C5)ccn4)sc3n2)cc1. The lowest BCUT2D eigenvalue weighted by Crippen LogP contribution is -2.47. The molecule has 1 saturated heterocycles. The van der Waals surface area contributed by atoms with E-state index < -0.39 is 0 Å². The predicted molar refractivity (Wildman–Crippen MR) is 137 cm³/mol. The van der Waals surface area contributed by atoms with Crippen LogP contribution in [0.5, 0.6) is 0 Å². The fourth-order valence-corrected chi connectivity index (χ4v) is 4.74. The monoisotopic (exact) mass is 473 g/mol. The van der Waals surface area contributed by atoms with Crippen LogP contribution < -0.4 is 10.2 Å². The molecule has 9 heteroatoms. The maximum Gasteiger partial charge on any atom is 0.236 e. The van der Waals surface area contributed by atoms with Gasteiger partial charge in [-0.05, 0) is 48.9 Å². The quantitative estimate of drug-likeness (QED) is 0.450. The van der Waals surface area contributed by atoms with Crippen LogP contribution in [0.1, 0.15) is 11.1 Å². The standard InChI is InChI=1S/C25H27N7OS/c1-17-4-6-19(7-5-17)31(3)22-9-8-20-24(29-22)34-25(27-20)28-21-14-18(10-11-26-21)15-32-13-12-30(2)23(33)16-32/h4-11,14H,12-13,15-16H2,1-3H3,(H,26,27,28). The topological polar surface area (TPSA) is 77.5 Å². The van der Waals surface area contributed by atoms with Gasteiger partial charge in [-0.2, -0.15) is 0 Å². The third-order valence-electron chi connectivity index (χ3n) is 6.01. The largest absolute Gasteiger partial charge is 0.343 e. The van der Waals surface area contributed by atoms with E-state index in [4.69, 9.17) is 4.98 Å². The molecule has 34 heavy (non-hydrogen) atoms. The fourth-order valence-electron chi connectivity index (χ4n) is 3.90. The van der Waals surface area contributed by atoms with Crippen LogP contribution in [0.2, 0.25) is 0 Å². The van der Waals surface area contributed by atoms with Crippen LogP contribution in [0.25, 0.3) is 10.3 Å². The van der Waals surface area contributed by atoms with Crippen molar-refractivity contribution in [2.24, 2.45) is 0 Å². The molecule has 174 valence electrons. The van der Waals surface area contributed by atoms with Gasteiger partial charge in [0.05, 0.1) is 6.54 Å². The first-order valence-corrected chi connectivity index (χ1v) is 12.0. The number of carbonyl (C=O) groups is 1. The first kappa shape index (κ1) is 22.2. The van der Waals surface area contributed by atoms with Gasteiger partial charge in [-0.1, -0.05) is 29.0 Å². The van der Waals surface area contributed by atoms with E-state index in [1.54, 1.807) is 11.1 Å². The van der Waals surface area contributed by atoms with Gasteiger partial charge in [-0.3, -0.25) is 9.69 Å². The Bertz CT molecular complexity index is 1320. The maximum absolute atomic E-state index is 12.0. The number of rotatable bonds is 6. The number of hydrogen-bond acceptors (Lipinski definition) is 8. The van der Waals surface area contributed by atoms with E-state index in [2.05, 4.69) is 56.3 Å². The summed E-state index contributed by atoms with van der Waals surface area (Å²) in [5, 5.41) is 4.07. The molecule has 1 aliphatic rings. The number of thiazole rings is 1. The normalized spacial score (nSPS) is 14.6. The van der Waals surface area contributed by atoms with Gasteiger partial charge >= 0.3 is 0 Å². The summed E-state index contributed by atoms with van der Waals surface area (Å²) in [4.78, 5) is 32.8. The van der Waals surface area contributed by atoms with Crippen molar-refractivity contribution in [2.45, 2.75) is 13.5 Å². The molecule has 0 spiro atoms. The molecule has 8 nitrogen and oxygen atoms in total. The van der Waals surface area contributed by atoms with Gasteiger partial charge in [0.25, 0.3) is 0 Å². The van der Waals surface area contributed by atoms with Crippen LogP contribution in [0.15, 0.2) is 54.7 Å². The lowest BCUT2D eigenvalue weighted by molar-refractivity contribution is -0.134. The van der Waals surface area contributed by atoms with Crippen LogP contribution in [0.3, 0.4) is 0 Å². The third kappa shape index (κ3) is 4.85. The first-order chi connectivity index (χ1) is 16.4. The summed E-state index contributed by atoms with van der Waals surface area (Å²) in [6.07, 6.45) is 1.79. The molecule has 1 N–H and O–H groups in total. The summed E-state index contributed by atoms with van der Waals surface area (Å²) in [6.45, 7) is 4.88. The molecule has 4 heterocycles. The number of aromatic nitrogens is 3. The van der Waals surface area contributed by atoms with Crippen molar-refractivity contribution in [3.05, 3.63) is 65.9 Å². The highest BCUT2D eigenvalue weighted by Gasteiger charge is 2.21. The van der Waals surface area contributed by atoms with Gasteiger partial charge in [-0.15, -0.1) is 0 Å². The molecule has 0 unspecified atom stereocenters. The Morgan fingerprint density at radius 3 is 2.71 bits per heavy atom. The highest BCUT2D eigenvalue weighted by atomic mass is 32.1. The van der Waals surface area contributed by atoms with Gasteiger partial charge < -0.3 is 15.1 Å². The number of amides is 1. The molecule has 0 atom stereocenters. The number of likely N-dealkylation sites (N-methyl/N-ethyl adjacent to an activating group) is 1. The van der Waals surface area contributed by atoms with Crippen molar-refractivity contribution in [2.75, 3.05) is 43.9 Å². The van der Waals surface area contributed by atoms with E-state index in [-0.39, 0.29) is 5.91 Å². The zero-order valence-corrected chi connectivity index (χ0v) is 20.3. The molecule has 0 saturated carbocycles. The Morgan fingerprint density at radius 1 is 1.09 bits per heavy atom. The van der Waals surface area contributed by atoms with Gasteiger partial charge in [0.1, 0.15) is 22.0 Å². The number of hydrogen-bond donors (Lipinski definition) is 1. The lowest BCUT2D eigenvalue weighted by Gasteiger charge is -2.31. The number of nitrogens with one attached hydrogen (secondary N) is 1. The van der Waals surface area contributed by atoms with E-state index in [1.807, 2.05) is 38.4 Å². The van der Waals surface area contributed by atoms with Crippen molar-refractivity contribution in [1.82, 2.24) is 24.8 Å². The van der Waals surface area contributed by atoms with E-state index in [9.17, 15) is 4.79 Å². The number of benzene rings is 1. The molecule has 1 aliphatic heterocycles. The molecule has 1 aromatic carbocycles. The van der Waals surface area contributed by atoms with Crippen LogP contribution in [0, 0.1) is 6.92 Å². The number of carbonyl (C=O) groups excluding carboxylic acids is 1. The molecular weight excluding hydrogens is 446 g/mol. The Hall–Kier alpha value is -3.56. The summed E-state index contributed by atoms with van der Waals surface area (Å²) >= 11 is 1.50. The van der Waals surface area contributed by atoms with Crippen molar-refractivity contribution in [3.63, 3.8) is 0 Å². The van der Waals surface area contributed by atoms with Crippen LogP contribution in [0.4, 0.5) is 22.5 Å². The average Bonchev–Trinajstić information content (AvgIpc) is 3.23. The molecule has 0 aliphatic carbocycles. The second-order valence-corrected chi connectivity index (χ2v) is 9.59. The smallest absolute Gasteiger partial charge is 0.236 e. The Balaban J connectivity index is 1.30. The highest BCUT2D eigenvalue weighted by molar-refractivity contribution is 7.21. The number of piperazine rings is 1. The molecule has 5 rings (SSSR count). The molecule has 3 aromatic heterocycles. The fraction of sp³-hybridized carbons (Fsp3) is 0.280. The number of pyridine rings is 2. The second-order valence-electron chi connectivity index (χ2n) is 8.61. The molecule has 1 fully saturated rings. The maximum atomic E-state index is 12.0. The highest BCUT2D eigenvalue weighted by Crippen LogP contribution is 2.30. The van der Waals surface area contributed by atoms with E-state index in [0.717, 1.165) is 51.5 Å². The minimum Gasteiger partial charge on any atom is -0.343 e.